The minimum atomic E-state index is -0.654. The number of para-hydroxylation sites is 1. The summed E-state index contributed by atoms with van der Waals surface area (Å²) < 4.78 is 10.3. The van der Waals surface area contributed by atoms with E-state index in [-0.39, 0.29) is 30.1 Å². The summed E-state index contributed by atoms with van der Waals surface area (Å²) in [4.78, 5) is 36.0. The molecule has 0 aliphatic heterocycles. The van der Waals surface area contributed by atoms with E-state index in [0.717, 1.165) is 5.56 Å². The Morgan fingerprint density at radius 1 is 1.07 bits per heavy atom. The van der Waals surface area contributed by atoms with E-state index < -0.39 is 18.5 Å². The van der Waals surface area contributed by atoms with Crippen LogP contribution in [0.1, 0.15) is 34.5 Å². The number of rotatable bonds is 7. The van der Waals surface area contributed by atoms with E-state index in [2.05, 4.69) is 5.32 Å². The number of carbonyl (C=O) groups excluding carboxylic acids is 3. The molecule has 3 aromatic rings. The lowest BCUT2D eigenvalue weighted by molar-refractivity contribution is -0.147. The molecule has 1 amide bonds. The van der Waals surface area contributed by atoms with Gasteiger partial charge in [-0.3, -0.25) is 14.4 Å². The number of amides is 1. The van der Waals surface area contributed by atoms with Gasteiger partial charge in [0.2, 0.25) is 5.76 Å². The molecule has 3 rings (SSSR count). The first-order valence-corrected chi connectivity index (χ1v) is 8.95. The van der Waals surface area contributed by atoms with Gasteiger partial charge in [0.1, 0.15) is 17.3 Å². The summed E-state index contributed by atoms with van der Waals surface area (Å²) in [6.07, 6.45) is -0.132. The lowest BCUT2D eigenvalue weighted by Gasteiger charge is -2.06. The van der Waals surface area contributed by atoms with Gasteiger partial charge in [-0.25, -0.2) is 0 Å². The molecule has 0 saturated carbocycles. The molecule has 146 valence electrons. The van der Waals surface area contributed by atoms with Crippen molar-refractivity contribution in [3.05, 3.63) is 65.4 Å². The molecular formula is C22H18N2O5. The van der Waals surface area contributed by atoms with Crippen molar-refractivity contribution in [1.82, 2.24) is 0 Å². The zero-order valence-corrected chi connectivity index (χ0v) is 15.7. The largest absolute Gasteiger partial charge is 0.456 e. The average molecular weight is 390 g/mol. The quantitative estimate of drug-likeness (QED) is 0.486. The smallest absolute Gasteiger partial charge is 0.306 e. The summed E-state index contributed by atoms with van der Waals surface area (Å²) in [5, 5.41) is 12.3. The molecule has 0 aliphatic carbocycles. The third-order valence-electron chi connectivity index (χ3n) is 4.26. The number of ketones is 1. The molecule has 0 atom stereocenters. The summed E-state index contributed by atoms with van der Waals surface area (Å²) in [5.41, 5.74) is 2.26. The zero-order valence-electron chi connectivity index (χ0n) is 15.7. The fraction of sp³-hybridized carbons (Fsp3) is 0.182. The fourth-order valence-electron chi connectivity index (χ4n) is 2.74. The molecule has 0 saturated heterocycles. The number of hydrogen-bond donors (Lipinski definition) is 1. The van der Waals surface area contributed by atoms with Gasteiger partial charge >= 0.3 is 5.97 Å². The van der Waals surface area contributed by atoms with Crippen molar-refractivity contribution < 1.29 is 23.5 Å². The van der Waals surface area contributed by atoms with Crippen molar-refractivity contribution in [1.29, 1.82) is 5.26 Å². The van der Waals surface area contributed by atoms with E-state index in [1.807, 2.05) is 25.1 Å². The van der Waals surface area contributed by atoms with Crippen LogP contribution in [0, 0.1) is 18.3 Å². The molecule has 1 aromatic heterocycles. The number of nitrogens with zero attached hydrogens (tertiary/aromatic N) is 1. The second-order valence-electron chi connectivity index (χ2n) is 6.41. The summed E-state index contributed by atoms with van der Waals surface area (Å²) in [7, 11) is 0. The van der Waals surface area contributed by atoms with Crippen LogP contribution in [0.4, 0.5) is 5.69 Å². The summed E-state index contributed by atoms with van der Waals surface area (Å²) in [6, 6.07) is 15.8. The highest BCUT2D eigenvalue weighted by atomic mass is 16.5. The first kappa shape index (κ1) is 19.8. The van der Waals surface area contributed by atoms with Crippen LogP contribution in [0.2, 0.25) is 0 Å². The van der Waals surface area contributed by atoms with Crippen molar-refractivity contribution in [2.45, 2.75) is 19.8 Å². The molecule has 0 radical (unpaired) electrons. The molecule has 0 spiro atoms. The predicted octanol–water partition coefficient (Wildman–Crippen LogP) is 3.76. The lowest BCUT2D eigenvalue weighted by atomic mass is 10.1. The topological polar surface area (TPSA) is 109 Å². The number of anilines is 1. The Morgan fingerprint density at radius 2 is 1.79 bits per heavy atom. The second kappa shape index (κ2) is 8.85. The van der Waals surface area contributed by atoms with Gasteiger partial charge in [0.15, 0.2) is 12.4 Å². The number of ether oxygens (including phenoxy) is 1. The van der Waals surface area contributed by atoms with Gasteiger partial charge in [-0.15, -0.1) is 0 Å². The number of fused-ring (bicyclic) bond motifs is 1. The predicted molar refractivity (Wildman–Crippen MR) is 105 cm³/mol. The van der Waals surface area contributed by atoms with Gasteiger partial charge in [0.05, 0.1) is 6.42 Å². The normalized spacial score (nSPS) is 10.3. The van der Waals surface area contributed by atoms with Crippen LogP contribution in [0.3, 0.4) is 0 Å². The van der Waals surface area contributed by atoms with Crippen LogP contribution in [0.25, 0.3) is 11.0 Å². The van der Waals surface area contributed by atoms with Crippen LogP contribution in [-0.2, 0) is 14.3 Å². The van der Waals surface area contributed by atoms with E-state index in [1.54, 1.807) is 36.4 Å². The highest BCUT2D eigenvalue weighted by molar-refractivity contribution is 6.03. The molecule has 2 aromatic carbocycles. The van der Waals surface area contributed by atoms with Gasteiger partial charge in [0.25, 0.3) is 5.91 Å². The lowest BCUT2D eigenvalue weighted by Crippen LogP contribution is -2.21. The third-order valence-corrected chi connectivity index (χ3v) is 4.26. The van der Waals surface area contributed by atoms with Crippen molar-refractivity contribution in [3.63, 3.8) is 0 Å². The number of hydrogen-bond acceptors (Lipinski definition) is 6. The molecule has 1 N–H and O–H groups in total. The average Bonchev–Trinajstić information content (AvgIpc) is 3.08. The van der Waals surface area contributed by atoms with Gasteiger partial charge in [-0.1, -0.05) is 42.0 Å². The Bertz CT molecular complexity index is 1110. The number of esters is 1. The Morgan fingerprint density at radius 3 is 2.52 bits per heavy atom. The van der Waals surface area contributed by atoms with Gasteiger partial charge in [-0.05, 0) is 19.1 Å². The number of nitrogens with one attached hydrogen (secondary N) is 1. The Kier molecular flexibility index (Phi) is 6.05. The Labute approximate surface area is 166 Å². The van der Waals surface area contributed by atoms with Crippen LogP contribution >= 0.6 is 0 Å². The third kappa shape index (κ3) is 4.87. The summed E-state index contributed by atoms with van der Waals surface area (Å²) in [5.74, 6) is -1.46. The first-order chi connectivity index (χ1) is 14.0. The van der Waals surface area contributed by atoms with Crippen molar-refractivity contribution in [2.24, 2.45) is 0 Å². The number of benzene rings is 2. The van der Waals surface area contributed by atoms with Gasteiger partial charge in [-0.2, -0.15) is 5.26 Å². The molecule has 0 aliphatic rings. The monoisotopic (exact) mass is 390 g/mol. The van der Waals surface area contributed by atoms with Crippen LogP contribution in [0.15, 0.2) is 52.9 Å². The van der Waals surface area contributed by atoms with Gasteiger partial charge in [0, 0.05) is 17.4 Å². The molecule has 0 bridgehead atoms. The van der Waals surface area contributed by atoms with E-state index in [9.17, 15) is 14.4 Å². The van der Waals surface area contributed by atoms with Crippen molar-refractivity contribution >= 4 is 34.3 Å². The maximum atomic E-state index is 12.1. The molecule has 0 fully saturated rings. The van der Waals surface area contributed by atoms with Gasteiger partial charge < -0.3 is 14.5 Å². The summed E-state index contributed by atoms with van der Waals surface area (Å²) >= 11 is 0. The Balaban J connectivity index is 1.51. The number of furan rings is 1. The highest BCUT2D eigenvalue weighted by Gasteiger charge is 2.17. The molecule has 7 heteroatoms. The van der Waals surface area contributed by atoms with E-state index in [0.29, 0.717) is 16.5 Å². The maximum absolute atomic E-state index is 12.1. The molecule has 0 unspecified atom stereocenters. The number of aryl methyl sites for hydroxylation is 1. The minimum Gasteiger partial charge on any atom is -0.456 e. The standard InChI is InChI=1S/C22H18N2O5/c1-14-6-8-15(9-7-14)17(25)10-11-21(27)28-13-20(26)24-22-16-4-2-3-5-18(16)29-19(22)12-23/h2-9H,10-11,13H2,1H3,(H,24,26). The van der Waals surface area contributed by atoms with Crippen molar-refractivity contribution in [3.8, 4) is 6.07 Å². The maximum Gasteiger partial charge on any atom is 0.306 e. The van der Waals surface area contributed by atoms with E-state index >= 15 is 0 Å². The first-order valence-electron chi connectivity index (χ1n) is 8.95. The number of Topliss-reactive ketones (excluding diaryl/α,β-unsaturated/α-hetero) is 1. The van der Waals surface area contributed by atoms with E-state index in [1.165, 1.54) is 0 Å². The van der Waals surface area contributed by atoms with E-state index in [4.69, 9.17) is 14.4 Å². The summed E-state index contributed by atoms with van der Waals surface area (Å²) in [6.45, 7) is 1.39. The van der Waals surface area contributed by atoms with Crippen LogP contribution in [0.5, 0.6) is 0 Å². The second-order valence-corrected chi connectivity index (χ2v) is 6.41. The van der Waals surface area contributed by atoms with Crippen LogP contribution in [-0.4, -0.2) is 24.3 Å². The van der Waals surface area contributed by atoms with Crippen molar-refractivity contribution in [2.75, 3.05) is 11.9 Å². The molecular weight excluding hydrogens is 372 g/mol. The molecule has 1 heterocycles. The molecule has 29 heavy (non-hydrogen) atoms. The number of nitriles is 1. The SMILES string of the molecule is Cc1ccc(C(=O)CCC(=O)OCC(=O)Nc2c(C#N)oc3ccccc23)cc1. The number of carbonyl (C=O) groups is 3. The molecule has 7 nitrogen and oxygen atoms in total. The fourth-order valence-corrected chi connectivity index (χ4v) is 2.74. The van der Waals surface area contributed by atoms with Crippen LogP contribution < -0.4 is 5.32 Å². The highest BCUT2D eigenvalue weighted by Crippen LogP contribution is 2.30. The zero-order chi connectivity index (χ0) is 20.8. The minimum absolute atomic E-state index is 0.00549. The Hall–Kier alpha value is -3.92.